The van der Waals surface area contributed by atoms with Crippen LogP contribution >= 0.6 is 0 Å². The Kier molecular flexibility index (Phi) is 7.70. The topological polar surface area (TPSA) is 88.2 Å². The van der Waals surface area contributed by atoms with E-state index in [0.717, 1.165) is 5.56 Å². The van der Waals surface area contributed by atoms with Gasteiger partial charge in [-0.05, 0) is 32.0 Å². The highest BCUT2D eigenvalue weighted by molar-refractivity contribution is 6.02. The van der Waals surface area contributed by atoms with Crippen molar-refractivity contribution in [2.24, 2.45) is 0 Å². The van der Waals surface area contributed by atoms with Crippen molar-refractivity contribution in [3.63, 3.8) is 0 Å². The molecule has 2 aromatic rings. The van der Waals surface area contributed by atoms with Crippen molar-refractivity contribution in [3.8, 4) is 5.75 Å². The number of ether oxygens (including phenoxy) is 2. The first-order valence-electron chi connectivity index (χ1n) is 10.8. The predicted octanol–water partition coefficient (Wildman–Crippen LogP) is 3.38. The molecule has 0 aliphatic carbocycles. The number of alkyl carbamates (subject to hydrolysis) is 1. The first-order valence-corrected chi connectivity index (χ1v) is 10.8. The number of likely N-dealkylation sites (N-methyl/N-ethyl adjacent to an activating group) is 1. The minimum atomic E-state index is -0.622. The van der Waals surface area contributed by atoms with Crippen LogP contribution in [0.15, 0.2) is 48.5 Å². The molecule has 2 aromatic carbocycles. The number of fused-ring (bicyclic) bond motifs is 1. The van der Waals surface area contributed by atoms with Crippen LogP contribution in [0, 0.1) is 0 Å². The monoisotopic (exact) mass is 439 g/mol. The molecule has 1 unspecified atom stereocenters. The van der Waals surface area contributed by atoms with E-state index < -0.39 is 12.2 Å². The Morgan fingerprint density at radius 1 is 1.09 bits per heavy atom. The molecule has 3 rings (SSSR count). The smallest absolute Gasteiger partial charge is 0.407 e. The van der Waals surface area contributed by atoms with Crippen molar-refractivity contribution in [2.75, 3.05) is 38.2 Å². The van der Waals surface area contributed by atoms with E-state index in [1.807, 2.05) is 31.2 Å². The molecule has 32 heavy (non-hydrogen) atoms. The van der Waals surface area contributed by atoms with E-state index in [0.29, 0.717) is 36.6 Å². The highest BCUT2D eigenvalue weighted by atomic mass is 16.6. The summed E-state index contributed by atoms with van der Waals surface area (Å²) in [6.45, 7) is 4.64. The quantitative estimate of drug-likeness (QED) is 0.772. The number of nitrogens with one attached hydrogen (secondary N) is 1. The normalized spacial score (nSPS) is 16.3. The first kappa shape index (κ1) is 23.1. The molecule has 0 bridgehead atoms. The van der Waals surface area contributed by atoms with Gasteiger partial charge in [0.1, 0.15) is 18.4 Å². The minimum Gasteiger partial charge on any atom is -0.493 e. The van der Waals surface area contributed by atoms with Gasteiger partial charge in [-0.2, -0.15) is 0 Å². The number of benzene rings is 2. The van der Waals surface area contributed by atoms with Gasteiger partial charge in [0, 0.05) is 32.1 Å². The third-order valence-corrected chi connectivity index (χ3v) is 5.28. The number of anilines is 1. The van der Waals surface area contributed by atoms with Crippen LogP contribution in [0.3, 0.4) is 0 Å². The second-order valence-electron chi connectivity index (χ2n) is 7.38. The van der Waals surface area contributed by atoms with Gasteiger partial charge in [-0.1, -0.05) is 30.3 Å². The predicted molar refractivity (Wildman–Crippen MR) is 121 cm³/mol. The number of amides is 3. The van der Waals surface area contributed by atoms with Gasteiger partial charge in [-0.3, -0.25) is 9.59 Å². The van der Waals surface area contributed by atoms with Crippen LogP contribution < -0.4 is 15.0 Å². The number of nitrogens with zero attached hydrogens (tertiary/aromatic N) is 2. The molecule has 1 aliphatic rings. The summed E-state index contributed by atoms with van der Waals surface area (Å²) < 4.78 is 11.3. The Morgan fingerprint density at radius 3 is 2.56 bits per heavy atom. The maximum atomic E-state index is 13.4. The van der Waals surface area contributed by atoms with Crippen LogP contribution in [-0.4, -0.2) is 56.1 Å². The van der Waals surface area contributed by atoms with Crippen LogP contribution in [-0.2, 0) is 9.53 Å². The van der Waals surface area contributed by atoms with E-state index in [4.69, 9.17) is 9.47 Å². The SMILES string of the molecule is CCNC(=O)OC1CCN(C(=O)c2ccccc2OCC)CC(=O)N(C)c2ccccc21. The second kappa shape index (κ2) is 10.7. The summed E-state index contributed by atoms with van der Waals surface area (Å²) in [5, 5.41) is 2.64. The summed E-state index contributed by atoms with van der Waals surface area (Å²) in [4.78, 5) is 41.6. The van der Waals surface area contributed by atoms with Crippen molar-refractivity contribution in [1.82, 2.24) is 10.2 Å². The fourth-order valence-electron chi connectivity index (χ4n) is 3.68. The van der Waals surface area contributed by atoms with Gasteiger partial charge < -0.3 is 24.6 Å². The van der Waals surface area contributed by atoms with Gasteiger partial charge in [-0.25, -0.2) is 4.79 Å². The van der Waals surface area contributed by atoms with Crippen LogP contribution in [0.5, 0.6) is 5.75 Å². The number of hydrogen-bond donors (Lipinski definition) is 1. The Bertz CT molecular complexity index is 978. The van der Waals surface area contributed by atoms with Crippen LogP contribution in [0.4, 0.5) is 10.5 Å². The first-order chi connectivity index (χ1) is 15.5. The molecule has 0 saturated heterocycles. The zero-order chi connectivity index (χ0) is 23.1. The van der Waals surface area contributed by atoms with E-state index in [9.17, 15) is 14.4 Å². The van der Waals surface area contributed by atoms with E-state index in [1.54, 1.807) is 38.2 Å². The second-order valence-corrected chi connectivity index (χ2v) is 7.38. The molecule has 0 saturated carbocycles. The number of carbonyl (C=O) groups excluding carboxylic acids is 3. The van der Waals surface area contributed by atoms with Gasteiger partial charge >= 0.3 is 6.09 Å². The molecule has 170 valence electrons. The van der Waals surface area contributed by atoms with Gasteiger partial charge in [0.15, 0.2) is 0 Å². The lowest BCUT2D eigenvalue weighted by Gasteiger charge is -2.25. The van der Waals surface area contributed by atoms with Gasteiger partial charge in [0.25, 0.3) is 5.91 Å². The summed E-state index contributed by atoms with van der Waals surface area (Å²) in [5.74, 6) is -0.0732. The van der Waals surface area contributed by atoms with Crippen LogP contribution in [0.1, 0.15) is 42.3 Å². The van der Waals surface area contributed by atoms with Gasteiger partial charge in [0.2, 0.25) is 5.91 Å². The summed E-state index contributed by atoms with van der Waals surface area (Å²) in [6.07, 6.45) is -0.818. The lowest BCUT2D eigenvalue weighted by Crippen LogP contribution is -2.41. The Morgan fingerprint density at radius 2 is 1.81 bits per heavy atom. The molecule has 0 aromatic heterocycles. The van der Waals surface area contributed by atoms with Crippen molar-refractivity contribution in [3.05, 3.63) is 59.7 Å². The van der Waals surface area contributed by atoms with E-state index in [-0.39, 0.29) is 24.9 Å². The minimum absolute atomic E-state index is 0.0992. The fraction of sp³-hybridized carbons (Fsp3) is 0.375. The van der Waals surface area contributed by atoms with Crippen molar-refractivity contribution < 1.29 is 23.9 Å². The average Bonchev–Trinajstić information content (AvgIpc) is 2.84. The van der Waals surface area contributed by atoms with Crippen LogP contribution in [0.2, 0.25) is 0 Å². The zero-order valence-corrected chi connectivity index (χ0v) is 18.7. The number of para-hydroxylation sites is 2. The molecular weight excluding hydrogens is 410 g/mol. The molecule has 8 heteroatoms. The van der Waals surface area contributed by atoms with E-state index >= 15 is 0 Å². The summed E-state index contributed by atoms with van der Waals surface area (Å²) >= 11 is 0. The number of rotatable bonds is 5. The summed E-state index contributed by atoms with van der Waals surface area (Å²) in [7, 11) is 1.66. The number of carbonyl (C=O) groups is 3. The molecule has 0 fully saturated rings. The maximum Gasteiger partial charge on any atom is 0.407 e. The Balaban J connectivity index is 1.94. The third-order valence-electron chi connectivity index (χ3n) is 5.28. The fourth-order valence-corrected chi connectivity index (χ4v) is 3.68. The molecule has 1 N–H and O–H groups in total. The molecule has 8 nitrogen and oxygen atoms in total. The molecule has 1 atom stereocenters. The highest BCUT2D eigenvalue weighted by Crippen LogP contribution is 2.32. The van der Waals surface area contributed by atoms with Crippen LogP contribution in [0.25, 0.3) is 0 Å². The lowest BCUT2D eigenvalue weighted by molar-refractivity contribution is -0.119. The van der Waals surface area contributed by atoms with E-state index in [2.05, 4.69) is 5.32 Å². The molecular formula is C24H29N3O5. The summed E-state index contributed by atoms with van der Waals surface area (Å²) in [6, 6.07) is 14.3. The molecule has 0 radical (unpaired) electrons. The standard InChI is InChI=1S/C24H29N3O5/c1-4-25-24(30)32-21-14-15-27(23(29)18-11-7-9-13-20(18)31-5-2)16-22(28)26(3)19-12-8-6-10-17(19)21/h6-13,21H,4-5,14-16H2,1-3H3,(H,25,30). The summed E-state index contributed by atoms with van der Waals surface area (Å²) in [5.41, 5.74) is 1.76. The molecule has 1 heterocycles. The molecule has 0 spiro atoms. The third kappa shape index (κ3) is 5.19. The van der Waals surface area contributed by atoms with E-state index in [1.165, 1.54) is 9.80 Å². The zero-order valence-electron chi connectivity index (χ0n) is 18.7. The van der Waals surface area contributed by atoms with Crippen molar-refractivity contribution >= 4 is 23.6 Å². The highest BCUT2D eigenvalue weighted by Gasteiger charge is 2.30. The molecule has 3 amide bonds. The van der Waals surface area contributed by atoms with Gasteiger partial charge in [0.05, 0.1) is 17.9 Å². The number of hydrogen-bond acceptors (Lipinski definition) is 5. The van der Waals surface area contributed by atoms with Crippen molar-refractivity contribution in [2.45, 2.75) is 26.4 Å². The molecule has 1 aliphatic heterocycles. The van der Waals surface area contributed by atoms with Gasteiger partial charge in [-0.15, -0.1) is 0 Å². The maximum absolute atomic E-state index is 13.4. The largest absolute Gasteiger partial charge is 0.493 e. The Hall–Kier alpha value is -3.55. The lowest BCUT2D eigenvalue weighted by atomic mass is 10.0. The Labute approximate surface area is 188 Å². The average molecular weight is 440 g/mol. The van der Waals surface area contributed by atoms with Crippen molar-refractivity contribution in [1.29, 1.82) is 0 Å².